The molecule has 130 valence electrons. The number of benzene rings is 1. The Morgan fingerprint density at radius 3 is 2.75 bits per heavy atom. The summed E-state index contributed by atoms with van der Waals surface area (Å²) in [6.07, 6.45) is 0.983. The molecule has 1 atom stereocenters. The van der Waals surface area contributed by atoms with Gasteiger partial charge < -0.3 is 10.1 Å². The number of rotatable bonds is 5. The van der Waals surface area contributed by atoms with Crippen molar-refractivity contribution in [1.29, 1.82) is 0 Å². The van der Waals surface area contributed by atoms with Crippen LogP contribution in [0.25, 0.3) is 0 Å². The van der Waals surface area contributed by atoms with Gasteiger partial charge in [0.05, 0.1) is 13.2 Å². The number of amides is 2. The van der Waals surface area contributed by atoms with Gasteiger partial charge in [-0.3, -0.25) is 19.4 Å². The van der Waals surface area contributed by atoms with Crippen LogP contribution in [0.4, 0.5) is 5.69 Å². The number of hydrogen-bond acceptors (Lipinski definition) is 4. The first-order valence-corrected chi connectivity index (χ1v) is 8.68. The molecule has 0 bridgehead atoms. The van der Waals surface area contributed by atoms with Crippen LogP contribution in [0.3, 0.4) is 0 Å². The molecule has 2 heterocycles. The van der Waals surface area contributed by atoms with E-state index in [1.54, 1.807) is 4.90 Å². The predicted octanol–water partition coefficient (Wildman–Crippen LogP) is 0.803. The summed E-state index contributed by atoms with van der Waals surface area (Å²) in [5.41, 5.74) is 1.94. The van der Waals surface area contributed by atoms with Crippen molar-refractivity contribution < 1.29 is 14.3 Å². The Balaban J connectivity index is 1.60. The van der Waals surface area contributed by atoms with Gasteiger partial charge in [-0.25, -0.2) is 0 Å². The monoisotopic (exact) mass is 331 g/mol. The number of morpholine rings is 1. The number of anilines is 1. The van der Waals surface area contributed by atoms with Gasteiger partial charge in [0.1, 0.15) is 6.04 Å². The number of ether oxygens (including phenoxy) is 1. The number of nitrogens with zero attached hydrogens (tertiary/aromatic N) is 2. The van der Waals surface area contributed by atoms with E-state index in [2.05, 4.69) is 10.2 Å². The fourth-order valence-electron chi connectivity index (χ4n) is 3.35. The van der Waals surface area contributed by atoms with Gasteiger partial charge in [-0.1, -0.05) is 25.1 Å². The Kier molecular flexibility index (Phi) is 5.48. The first kappa shape index (κ1) is 16.9. The summed E-state index contributed by atoms with van der Waals surface area (Å²) in [5.74, 6) is -0.0745. The van der Waals surface area contributed by atoms with Gasteiger partial charge in [0.15, 0.2) is 0 Å². The third kappa shape index (κ3) is 3.60. The van der Waals surface area contributed by atoms with Crippen LogP contribution in [0.15, 0.2) is 24.3 Å². The van der Waals surface area contributed by atoms with Gasteiger partial charge >= 0.3 is 0 Å². The Bertz CT molecular complexity index is 599. The highest BCUT2D eigenvalue weighted by Crippen LogP contribution is 2.32. The molecule has 2 amide bonds. The normalized spacial score (nSPS) is 20.7. The summed E-state index contributed by atoms with van der Waals surface area (Å²) in [6.45, 7) is 6.57. The smallest absolute Gasteiger partial charge is 0.243 e. The van der Waals surface area contributed by atoms with Crippen LogP contribution in [-0.2, 0) is 20.7 Å². The minimum Gasteiger partial charge on any atom is -0.379 e. The van der Waals surface area contributed by atoms with Crippen LogP contribution < -0.4 is 10.2 Å². The number of fused-ring (bicyclic) bond motifs is 1. The molecule has 6 heteroatoms. The van der Waals surface area contributed by atoms with E-state index in [4.69, 9.17) is 4.74 Å². The van der Waals surface area contributed by atoms with E-state index in [1.807, 2.05) is 31.2 Å². The minimum atomic E-state index is -0.431. The summed E-state index contributed by atoms with van der Waals surface area (Å²) in [4.78, 5) is 28.9. The summed E-state index contributed by atoms with van der Waals surface area (Å²) in [5, 5.41) is 3.00. The van der Waals surface area contributed by atoms with E-state index < -0.39 is 6.04 Å². The van der Waals surface area contributed by atoms with Crippen molar-refractivity contribution in [3.05, 3.63) is 29.8 Å². The van der Waals surface area contributed by atoms with Crippen molar-refractivity contribution in [3.63, 3.8) is 0 Å². The van der Waals surface area contributed by atoms with Gasteiger partial charge in [0, 0.05) is 44.7 Å². The molecule has 2 aliphatic rings. The maximum atomic E-state index is 12.6. The third-order valence-corrected chi connectivity index (χ3v) is 4.68. The van der Waals surface area contributed by atoms with Crippen LogP contribution in [0.5, 0.6) is 0 Å². The average molecular weight is 331 g/mol. The lowest BCUT2D eigenvalue weighted by Crippen LogP contribution is -2.49. The number of carbonyl (C=O) groups excluding carboxylic acids is 2. The molecule has 24 heavy (non-hydrogen) atoms. The molecule has 0 aliphatic carbocycles. The molecule has 1 aromatic carbocycles. The summed E-state index contributed by atoms with van der Waals surface area (Å²) < 4.78 is 5.32. The number of nitrogens with one attached hydrogen (secondary N) is 1. The highest BCUT2D eigenvalue weighted by atomic mass is 16.5. The number of carbonyl (C=O) groups is 2. The second-order valence-electron chi connectivity index (χ2n) is 6.21. The van der Waals surface area contributed by atoms with E-state index in [-0.39, 0.29) is 11.8 Å². The molecular formula is C18H25N3O3. The third-order valence-electron chi connectivity index (χ3n) is 4.68. The predicted molar refractivity (Wildman–Crippen MR) is 92.0 cm³/mol. The second-order valence-corrected chi connectivity index (χ2v) is 6.21. The Morgan fingerprint density at radius 2 is 2.00 bits per heavy atom. The molecule has 1 aromatic rings. The van der Waals surface area contributed by atoms with Gasteiger partial charge in [-0.15, -0.1) is 0 Å². The zero-order valence-electron chi connectivity index (χ0n) is 14.2. The van der Waals surface area contributed by atoms with Crippen molar-refractivity contribution >= 4 is 17.5 Å². The number of hydrogen-bond donors (Lipinski definition) is 1. The largest absolute Gasteiger partial charge is 0.379 e. The summed E-state index contributed by atoms with van der Waals surface area (Å²) in [6, 6.07) is 7.34. The lowest BCUT2D eigenvalue weighted by molar-refractivity contribution is -0.126. The van der Waals surface area contributed by atoms with E-state index in [9.17, 15) is 9.59 Å². The highest BCUT2D eigenvalue weighted by molar-refractivity contribution is 6.03. The van der Waals surface area contributed by atoms with Crippen LogP contribution in [0, 0.1) is 0 Å². The van der Waals surface area contributed by atoms with Crippen LogP contribution in [0.2, 0.25) is 0 Å². The topological polar surface area (TPSA) is 61.9 Å². The maximum absolute atomic E-state index is 12.6. The van der Waals surface area contributed by atoms with Crippen LogP contribution in [0.1, 0.15) is 18.9 Å². The van der Waals surface area contributed by atoms with Gasteiger partial charge in [0.2, 0.25) is 11.8 Å². The molecule has 1 saturated heterocycles. The van der Waals surface area contributed by atoms with Crippen molar-refractivity contribution in [2.45, 2.75) is 25.8 Å². The average Bonchev–Trinajstić information content (AvgIpc) is 3.01. The standard InChI is InChI=1S/C18H25N3O3/c1-2-17(22)21-15-6-4-3-5-14(15)13-16(21)18(23)19-7-8-20-9-11-24-12-10-20/h3-6,16H,2,7-13H2,1H3,(H,19,23)/t16-/m0/s1. The van der Waals surface area contributed by atoms with Crippen molar-refractivity contribution in [3.8, 4) is 0 Å². The van der Waals surface area contributed by atoms with Gasteiger partial charge in [-0.05, 0) is 11.6 Å². The molecular weight excluding hydrogens is 306 g/mol. The molecule has 0 saturated carbocycles. The van der Waals surface area contributed by atoms with E-state index in [1.165, 1.54) is 0 Å². The molecule has 0 radical (unpaired) electrons. The van der Waals surface area contributed by atoms with Crippen molar-refractivity contribution in [1.82, 2.24) is 10.2 Å². The molecule has 6 nitrogen and oxygen atoms in total. The molecule has 0 unspecified atom stereocenters. The van der Waals surface area contributed by atoms with Gasteiger partial charge in [0.25, 0.3) is 0 Å². The fraction of sp³-hybridized carbons (Fsp3) is 0.556. The molecule has 3 rings (SSSR count). The first-order chi connectivity index (χ1) is 11.7. The molecule has 0 spiro atoms. The van der Waals surface area contributed by atoms with Crippen LogP contribution >= 0.6 is 0 Å². The first-order valence-electron chi connectivity index (χ1n) is 8.68. The fourth-order valence-corrected chi connectivity index (χ4v) is 3.35. The summed E-state index contributed by atoms with van der Waals surface area (Å²) >= 11 is 0. The van der Waals surface area contributed by atoms with E-state index in [0.29, 0.717) is 19.4 Å². The Hall–Kier alpha value is -1.92. The molecule has 1 N–H and O–H groups in total. The lowest BCUT2D eigenvalue weighted by atomic mass is 10.1. The molecule has 0 aromatic heterocycles. The SMILES string of the molecule is CCC(=O)N1c2ccccc2C[C@H]1C(=O)NCCN1CCOCC1. The maximum Gasteiger partial charge on any atom is 0.243 e. The highest BCUT2D eigenvalue weighted by Gasteiger charge is 2.37. The number of para-hydroxylation sites is 1. The zero-order valence-corrected chi connectivity index (χ0v) is 14.2. The minimum absolute atomic E-state index is 0.00622. The van der Waals surface area contributed by atoms with Crippen molar-refractivity contribution in [2.75, 3.05) is 44.3 Å². The van der Waals surface area contributed by atoms with Crippen molar-refractivity contribution in [2.24, 2.45) is 0 Å². The quantitative estimate of drug-likeness (QED) is 0.867. The Labute approximate surface area is 142 Å². The van der Waals surface area contributed by atoms with E-state index in [0.717, 1.165) is 44.1 Å². The molecule has 1 fully saturated rings. The van der Waals surface area contributed by atoms with Gasteiger partial charge in [-0.2, -0.15) is 0 Å². The second kappa shape index (κ2) is 7.77. The lowest BCUT2D eigenvalue weighted by Gasteiger charge is -2.27. The summed E-state index contributed by atoms with van der Waals surface area (Å²) in [7, 11) is 0. The molecule has 2 aliphatic heterocycles. The zero-order chi connectivity index (χ0) is 16.9. The van der Waals surface area contributed by atoms with Crippen LogP contribution in [-0.4, -0.2) is 62.1 Å². The van der Waals surface area contributed by atoms with E-state index >= 15 is 0 Å². The Morgan fingerprint density at radius 1 is 1.25 bits per heavy atom.